The van der Waals surface area contributed by atoms with Crippen molar-refractivity contribution < 1.29 is 23.1 Å². The molecule has 2 fully saturated rings. The van der Waals surface area contributed by atoms with Crippen molar-refractivity contribution in [2.45, 2.75) is 89.4 Å². The smallest absolute Gasteiger partial charge is 0.183 e. The Bertz CT molecular complexity index is 939. The van der Waals surface area contributed by atoms with E-state index in [-0.39, 0.29) is 22.7 Å². The van der Waals surface area contributed by atoms with Crippen LogP contribution in [0.5, 0.6) is 0 Å². The van der Waals surface area contributed by atoms with Gasteiger partial charge in [0.25, 0.3) is 0 Å². The third-order valence-corrected chi connectivity index (χ3v) is 21.7. The zero-order valence-corrected chi connectivity index (χ0v) is 27.4. The van der Waals surface area contributed by atoms with E-state index in [1.807, 2.05) is 36.4 Å². The first-order valence-corrected chi connectivity index (χ1v) is 19.8. The Hall–Kier alpha value is -1.33. The van der Waals surface area contributed by atoms with Gasteiger partial charge in [0.05, 0.1) is 26.4 Å². The number of ether oxygens (including phenoxy) is 4. The molecule has 7 heteroatoms. The Morgan fingerprint density at radius 3 is 1.18 bits per heavy atom. The SMILES string of the molecule is CC(C)(C)[Si](C)(CC1COC(c2ccccc2)OC1)O[Si](C)(CC1COC(c2ccccc2)OC1)C(C)(C)C. The van der Waals surface area contributed by atoms with Crippen LogP contribution in [0.15, 0.2) is 60.7 Å². The van der Waals surface area contributed by atoms with Gasteiger partial charge in [-0.05, 0) is 35.3 Å². The number of hydrogen-bond acceptors (Lipinski definition) is 5. The van der Waals surface area contributed by atoms with E-state index in [2.05, 4.69) is 78.9 Å². The molecular formula is C32H50O5Si2. The third-order valence-electron chi connectivity index (χ3n) is 9.06. The van der Waals surface area contributed by atoms with E-state index in [0.717, 1.165) is 23.2 Å². The molecule has 0 saturated carbocycles. The fourth-order valence-corrected chi connectivity index (χ4v) is 16.5. The summed E-state index contributed by atoms with van der Waals surface area (Å²) < 4.78 is 32.5. The molecule has 4 rings (SSSR count). The third kappa shape index (κ3) is 7.50. The summed E-state index contributed by atoms with van der Waals surface area (Å²) in [6.07, 6.45) is -0.544. The minimum Gasteiger partial charge on any atom is -0.454 e. The first-order valence-electron chi connectivity index (χ1n) is 14.6. The Labute approximate surface area is 238 Å². The van der Waals surface area contributed by atoms with E-state index in [9.17, 15) is 0 Å². The molecule has 2 atom stereocenters. The van der Waals surface area contributed by atoms with Crippen molar-refractivity contribution in [2.75, 3.05) is 26.4 Å². The molecule has 2 aliphatic rings. The Kier molecular flexibility index (Phi) is 9.64. The van der Waals surface area contributed by atoms with Crippen molar-refractivity contribution in [3.63, 3.8) is 0 Å². The van der Waals surface area contributed by atoms with Crippen molar-refractivity contribution in [2.24, 2.45) is 11.8 Å². The maximum Gasteiger partial charge on any atom is 0.183 e. The average Bonchev–Trinajstić information content (AvgIpc) is 2.89. The Morgan fingerprint density at radius 1 is 0.590 bits per heavy atom. The zero-order chi connectivity index (χ0) is 28.3. The quantitative estimate of drug-likeness (QED) is 0.298. The molecular weight excluding hydrogens is 521 g/mol. The van der Waals surface area contributed by atoms with Gasteiger partial charge in [0, 0.05) is 23.0 Å². The minimum atomic E-state index is -2.22. The van der Waals surface area contributed by atoms with Crippen LogP contribution < -0.4 is 0 Å². The van der Waals surface area contributed by atoms with Crippen LogP contribution in [0.3, 0.4) is 0 Å². The first kappa shape index (κ1) is 30.6. The molecule has 0 bridgehead atoms. The fraction of sp³-hybridized carbons (Fsp3) is 0.625. The predicted molar refractivity (Wildman–Crippen MR) is 163 cm³/mol. The first-order chi connectivity index (χ1) is 18.3. The van der Waals surface area contributed by atoms with Gasteiger partial charge in [0.2, 0.25) is 0 Å². The summed E-state index contributed by atoms with van der Waals surface area (Å²) >= 11 is 0. The lowest BCUT2D eigenvalue weighted by Gasteiger charge is -2.52. The maximum atomic E-state index is 7.64. The largest absolute Gasteiger partial charge is 0.454 e. The van der Waals surface area contributed by atoms with Gasteiger partial charge in [0.15, 0.2) is 29.2 Å². The van der Waals surface area contributed by atoms with Gasteiger partial charge in [-0.3, -0.25) is 0 Å². The van der Waals surface area contributed by atoms with Crippen LogP contribution in [0.1, 0.15) is 65.2 Å². The van der Waals surface area contributed by atoms with Gasteiger partial charge in [-0.15, -0.1) is 0 Å². The van der Waals surface area contributed by atoms with Gasteiger partial charge in [0.1, 0.15) is 0 Å². The lowest BCUT2D eigenvalue weighted by molar-refractivity contribution is -0.202. The molecule has 0 aromatic heterocycles. The second-order valence-electron chi connectivity index (χ2n) is 14.0. The lowest BCUT2D eigenvalue weighted by Crippen LogP contribution is -2.59. The van der Waals surface area contributed by atoms with Crippen LogP contribution >= 0.6 is 0 Å². The van der Waals surface area contributed by atoms with E-state index >= 15 is 0 Å². The average molecular weight is 571 g/mol. The highest BCUT2D eigenvalue weighted by Crippen LogP contribution is 2.50. The standard InChI is InChI=1S/C32H50O5Si2/c1-31(2,3)38(7,23-25-19-33-29(34-20-25)27-15-11-9-12-16-27)37-39(8,32(4,5)6)24-26-21-35-30(36-22-26)28-17-13-10-14-18-28/h9-18,25-26,29-30H,19-24H2,1-8H3. The fourth-order valence-electron chi connectivity index (χ4n) is 5.53. The molecule has 0 N–H and O–H groups in total. The molecule has 0 amide bonds. The molecule has 2 unspecified atom stereocenters. The lowest BCUT2D eigenvalue weighted by atomic mass is 10.1. The van der Waals surface area contributed by atoms with E-state index < -0.39 is 16.6 Å². The molecule has 0 spiro atoms. The predicted octanol–water partition coefficient (Wildman–Crippen LogP) is 8.48. The molecule has 0 radical (unpaired) electrons. The van der Waals surface area contributed by atoms with E-state index in [4.69, 9.17) is 23.1 Å². The summed E-state index contributed by atoms with van der Waals surface area (Å²) in [5.74, 6) is 0.680. The molecule has 39 heavy (non-hydrogen) atoms. The highest BCUT2D eigenvalue weighted by molar-refractivity contribution is 6.88. The van der Waals surface area contributed by atoms with Crippen molar-refractivity contribution in [1.29, 1.82) is 0 Å². The van der Waals surface area contributed by atoms with Crippen molar-refractivity contribution in [3.8, 4) is 0 Å². The molecule has 0 aliphatic carbocycles. The van der Waals surface area contributed by atoms with Crippen LogP contribution in [-0.2, 0) is 23.1 Å². The van der Waals surface area contributed by atoms with Gasteiger partial charge in [-0.2, -0.15) is 0 Å². The van der Waals surface area contributed by atoms with Crippen molar-refractivity contribution >= 4 is 16.6 Å². The van der Waals surface area contributed by atoms with E-state index in [0.29, 0.717) is 38.3 Å². The molecule has 2 heterocycles. The molecule has 2 aromatic rings. The van der Waals surface area contributed by atoms with Gasteiger partial charge >= 0.3 is 0 Å². The number of rotatable bonds is 8. The van der Waals surface area contributed by atoms with Crippen LogP contribution in [0, 0.1) is 11.8 Å². The van der Waals surface area contributed by atoms with E-state index in [1.54, 1.807) is 0 Å². The normalized spacial score (nSPS) is 27.9. The van der Waals surface area contributed by atoms with Crippen LogP contribution in [-0.4, -0.2) is 43.1 Å². The molecule has 2 aromatic carbocycles. The minimum absolute atomic E-state index is 0.0841. The van der Waals surface area contributed by atoms with Crippen LogP contribution in [0.25, 0.3) is 0 Å². The number of hydrogen-bond donors (Lipinski definition) is 0. The topological polar surface area (TPSA) is 46.2 Å². The molecule has 216 valence electrons. The molecule has 2 aliphatic heterocycles. The Balaban J connectivity index is 1.43. The Morgan fingerprint density at radius 2 is 0.897 bits per heavy atom. The zero-order valence-electron chi connectivity index (χ0n) is 25.4. The van der Waals surface area contributed by atoms with Crippen LogP contribution in [0.4, 0.5) is 0 Å². The van der Waals surface area contributed by atoms with Gasteiger partial charge < -0.3 is 23.1 Å². The second kappa shape index (κ2) is 12.3. The highest BCUT2D eigenvalue weighted by atomic mass is 28.4. The van der Waals surface area contributed by atoms with Crippen molar-refractivity contribution in [1.82, 2.24) is 0 Å². The molecule has 5 nitrogen and oxygen atoms in total. The van der Waals surface area contributed by atoms with Gasteiger partial charge in [-0.25, -0.2) is 0 Å². The maximum absolute atomic E-state index is 7.64. The highest BCUT2D eigenvalue weighted by Gasteiger charge is 2.53. The van der Waals surface area contributed by atoms with E-state index in [1.165, 1.54) is 0 Å². The summed E-state index contributed by atoms with van der Waals surface area (Å²) in [7, 11) is -4.43. The number of benzene rings is 2. The molecule has 2 saturated heterocycles. The summed E-state index contributed by atoms with van der Waals surface area (Å²) in [4.78, 5) is 0. The second-order valence-corrected chi connectivity index (χ2v) is 23.6. The monoisotopic (exact) mass is 570 g/mol. The summed E-state index contributed by atoms with van der Waals surface area (Å²) in [6.45, 7) is 21.9. The summed E-state index contributed by atoms with van der Waals surface area (Å²) in [5, 5.41) is 0.168. The van der Waals surface area contributed by atoms with Gasteiger partial charge in [-0.1, -0.05) is 102 Å². The summed E-state index contributed by atoms with van der Waals surface area (Å²) in [6, 6.07) is 22.5. The van der Waals surface area contributed by atoms with Crippen LogP contribution in [0.2, 0.25) is 35.3 Å². The summed E-state index contributed by atoms with van der Waals surface area (Å²) in [5.41, 5.74) is 2.17. The van der Waals surface area contributed by atoms with Crippen molar-refractivity contribution in [3.05, 3.63) is 71.8 Å².